The van der Waals surface area contributed by atoms with Crippen molar-refractivity contribution >= 4 is 23.4 Å². The maximum Gasteiger partial charge on any atom is 0.276 e. The van der Waals surface area contributed by atoms with Gasteiger partial charge in [-0.1, -0.05) is 28.9 Å². The lowest BCUT2D eigenvalue weighted by molar-refractivity contribution is -0.123. The molecule has 0 saturated carbocycles. The number of ether oxygens (including phenoxy) is 1. The number of benzene rings is 2. The summed E-state index contributed by atoms with van der Waals surface area (Å²) in [6.07, 6.45) is 0. The summed E-state index contributed by atoms with van der Waals surface area (Å²) in [5, 5.41) is 3.82. The second-order valence-electron chi connectivity index (χ2n) is 6.67. The molecule has 7 nitrogen and oxygen atoms in total. The molecule has 0 saturated heterocycles. The molecule has 1 heterocycles. The van der Waals surface area contributed by atoms with Crippen LogP contribution in [0, 0.1) is 26.6 Å². The predicted octanol–water partition coefficient (Wildman–Crippen LogP) is 3.90. The zero-order valence-electron chi connectivity index (χ0n) is 16.5. The van der Waals surface area contributed by atoms with Crippen molar-refractivity contribution in [3.63, 3.8) is 0 Å². The normalized spacial score (nSPS) is 10.6. The minimum atomic E-state index is -0.734. The predicted molar refractivity (Wildman–Crippen MR) is 109 cm³/mol. The Kier molecular flexibility index (Phi) is 6.37. The van der Waals surface area contributed by atoms with Crippen molar-refractivity contribution in [3.8, 4) is 17.0 Å². The van der Waals surface area contributed by atoms with Crippen molar-refractivity contribution in [1.29, 1.82) is 0 Å². The lowest BCUT2D eigenvalue weighted by Gasteiger charge is -2.10. The number of aromatic nitrogens is 1. The average Bonchev–Trinajstić information content (AvgIpc) is 3.05. The molecule has 2 N–H and O–H groups in total. The second kappa shape index (κ2) is 8.96. The molecule has 0 atom stereocenters. The van der Waals surface area contributed by atoms with Gasteiger partial charge in [0, 0.05) is 0 Å². The summed E-state index contributed by atoms with van der Waals surface area (Å²) in [7, 11) is 0. The van der Waals surface area contributed by atoms with Crippen molar-refractivity contribution in [2.24, 2.45) is 0 Å². The van der Waals surface area contributed by atoms with Crippen LogP contribution >= 0.6 is 11.6 Å². The van der Waals surface area contributed by atoms with E-state index >= 15 is 0 Å². The summed E-state index contributed by atoms with van der Waals surface area (Å²) in [5.74, 6) is -1.29. The van der Waals surface area contributed by atoms with Gasteiger partial charge in [-0.15, -0.1) is 0 Å². The third-order valence-corrected chi connectivity index (χ3v) is 4.48. The molecule has 3 rings (SSSR count). The molecule has 2 amide bonds. The smallest absolute Gasteiger partial charge is 0.276 e. The van der Waals surface area contributed by atoms with E-state index in [2.05, 4.69) is 16.0 Å². The molecule has 0 bridgehead atoms. The molecular weight excluding hydrogens is 413 g/mol. The third kappa shape index (κ3) is 4.77. The Balaban J connectivity index is 1.67. The van der Waals surface area contributed by atoms with Crippen molar-refractivity contribution in [3.05, 3.63) is 69.7 Å². The molecule has 0 radical (unpaired) electrons. The summed E-state index contributed by atoms with van der Waals surface area (Å²) in [6.45, 7) is 5.02. The van der Waals surface area contributed by atoms with E-state index in [-0.39, 0.29) is 34.2 Å². The van der Waals surface area contributed by atoms with Crippen molar-refractivity contribution in [1.82, 2.24) is 16.0 Å². The van der Waals surface area contributed by atoms with Gasteiger partial charge in [-0.05, 0) is 56.2 Å². The molecular formula is C21H19ClFN3O4. The van der Waals surface area contributed by atoms with Gasteiger partial charge in [-0.3, -0.25) is 20.4 Å². The first-order chi connectivity index (χ1) is 14.3. The number of nitrogens with one attached hydrogen (secondary N) is 2. The molecule has 0 unspecified atom stereocenters. The van der Waals surface area contributed by atoms with Crippen LogP contribution in [0.2, 0.25) is 5.02 Å². The highest BCUT2D eigenvalue weighted by atomic mass is 35.5. The van der Waals surface area contributed by atoms with Gasteiger partial charge in [-0.25, -0.2) is 4.39 Å². The number of rotatable bonds is 5. The van der Waals surface area contributed by atoms with Crippen LogP contribution in [0.1, 0.15) is 27.2 Å². The highest BCUT2D eigenvalue weighted by molar-refractivity contribution is 6.33. The van der Waals surface area contributed by atoms with Crippen LogP contribution in [-0.2, 0) is 4.79 Å². The minimum absolute atomic E-state index is 0.0440. The summed E-state index contributed by atoms with van der Waals surface area (Å²) in [5.41, 5.74) is 6.33. The summed E-state index contributed by atoms with van der Waals surface area (Å²) >= 11 is 6.06. The fourth-order valence-corrected chi connectivity index (χ4v) is 3.18. The van der Waals surface area contributed by atoms with Crippen molar-refractivity contribution < 1.29 is 23.2 Å². The molecule has 0 aliphatic heterocycles. The number of hydrogen-bond donors (Lipinski definition) is 2. The summed E-state index contributed by atoms with van der Waals surface area (Å²) in [6, 6.07) is 9.67. The summed E-state index contributed by atoms with van der Waals surface area (Å²) in [4.78, 5) is 24.6. The van der Waals surface area contributed by atoms with Gasteiger partial charge in [-0.2, -0.15) is 0 Å². The fourth-order valence-electron chi connectivity index (χ4n) is 2.92. The van der Waals surface area contributed by atoms with E-state index in [1.54, 1.807) is 12.1 Å². The zero-order valence-corrected chi connectivity index (χ0v) is 17.3. The van der Waals surface area contributed by atoms with Gasteiger partial charge >= 0.3 is 0 Å². The number of aryl methyl sites for hydroxylation is 3. The molecule has 30 heavy (non-hydrogen) atoms. The summed E-state index contributed by atoms with van der Waals surface area (Å²) < 4.78 is 24.7. The highest BCUT2D eigenvalue weighted by Crippen LogP contribution is 2.33. The first-order valence-electron chi connectivity index (χ1n) is 8.97. The molecule has 0 spiro atoms. The Labute approximate surface area is 177 Å². The molecule has 3 aromatic rings. The topological polar surface area (TPSA) is 93.5 Å². The van der Waals surface area contributed by atoms with Crippen LogP contribution in [0.25, 0.3) is 11.3 Å². The van der Waals surface area contributed by atoms with Crippen molar-refractivity contribution in [2.45, 2.75) is 20.8 Å². The van der Waals surface area contributed by atoms with Crippen LogP contribution in [0.4, 0.5) is 4.39 Å². The maximum absolute atomic E-state index is 14.2. The van der Waals surface area contributed by atoms with E-state index in [4.69, 9.17) is 20.9 Å². The minimum Gasteiger partial charge on any atom is -0.484 e. The number of hydrazine groups is 1. The largest absolute Gasteiger partial charge is 0.484 e. The first-order valence-corrected chi connectivity index (χ1v) is 9.35. The van der Waals surface area contributed by atoms with Crippen LogP contribution in [0.5, 0.6) is 5.75 Å². The van der Waals surface area contributed by atoms with Gasteiger partial charge in [0.2, 0.25) is 0 Å². The van der Waals surface area contributed by atoms with Crippen LogP contribution in [-0.4, -0.2) is 23.6 Å². The van der Waals surface area contributed by atoms with Gasteiger partial charge < -0.3 is 9.26 Å². The Bertz CT molecular complexity index is 1070. The molecule has 9 heteroatoms. The zero-order chi connectivity index (χ0) is 21.8. The van der Waals surface area contributed by atoms with Gasteiger partial charge in [0.25, 0.3) is 11.8 Å². The molecule has 0 aliphatic carbocycles. The van der Waals surface area contributed by atoms with Crippen LogP contribution < -0.4 is 15.6 Å². The maximum atomic E-state index is 14.2. The Morgan fingerprint density at radius 2 is 1.83 bits per heavy atom. The molecule has 156 valence electrons. The van der Waals surface area contributed by atoms with E-state index < -0.39 is 17.6 Å². The number of amides is 2. The Hall–Kier alpha value is -3.39. The van der Waals surface area contributed by atoms with E-state index in [9.17, 15) is 14.0 Å². The molecule has 1 aromatic heterocycles. The van der Waals surface area contributed by atoms with Crippen molar-refractivity contribution in [2.75, 3.05) is 6.61 Å². The number of hydrogen-bond acceptors (Lipinski definition) is 5. The molecule has 0 aliphatic rings. The molecule has 0 fully saturated rings. The standard InChI is InChI=1S/C21H19ClFN3O4/c1-11-7-12(2)9-14(8-11)29-10-17(27)24-25-21(28)18-13(3)30-26-20(18)19-15(22)5-4-6-16(19)23/h4-9H,10H2,1-3H3,(H,24,27)(H,25,28). The Morgan fingerprint density at radius 1 is 1.13 bits per heavy atom. The average molecular weight is 432 g/mol. The second-order valence-corrected chi connectivity index (χ2v) is 7.08. The van der Waals surface area contributed by atoms with E-state index in [0.717, 1.165) is 11.1 Å². The monoisotopic (exact) mass is 431 g/mol. The van der Waals surface area contributed by atoms with E-state index in [1.807, 2.05) is 19.9 Å². The van der Waals surface area contributed by atoms with E-state index in [0.29, 0.717) is 5.75 Å². The highest BCUT2D eigenvalue weighted by Gasteiger charge is 2.25. The van der Waals surface area contributed by atoms with Gasteiger partial charge in [0.15, 0.2) is 6.61 Å². The van der Waals surface area contributed by atoms with E-state index in [1.165, 1.54) is 25.1 Å². The quantitative estimate of drug-likeness (QED) is 0.597. The number of carbonyl (C=O) groups is 2. The number of carbonyl (C=O) groups excluding carboxylic acids is 2. The first kappa shape index (κ1) is 21.3. The third-order valence-electron chi connectivity index (χ3n) is 4.17. The van der Waals surface area contributed by atoms with Crippen LogP contribution in [0.15, 0.2) is 40.9 Å². The Morgan fingerprint density at radius 3 is 2.50 bits per heavy atom. The van der Waals surface area contributed by atoms with Gasteiger partial charge in [0.1, 0.15) is 28.6 Å². The van der Waals surface area contributed by atoms with Gasteiger partial charge in [0.05, 0.1) is 10.6 Å². The lowest BCUT2D eigenvalue weighted by Crippen LogP contribution is -2.44. The lowest BCUT2D eigenvalue weighted by atomic mass is 10.1. The number of nitrogens with zero attached hydrogens (tertiary/aromatic N) is 1. The molecule has 2 aromatic carbocycles. The number of halogens is 2. The SMILES string of the molecule is Cc1cc(C)cc(OCC(=O)NNC(=O)c2c(-c3c(F)cccc3Cl)noc2C)c1. The van der Waals surface area contributed by atoms with Crippen LogP contribution in [0.3, 0.4) is 0 Å². The fraction of sp³-hybridized carbons (Fsp3) is 0.190.